The maximum absolute atomic E-state index is 11.3. The Morgan fingerprint density at radius 2 is 2.09 bits per heavy atom. The zero-order valence-corrected chi connectivity index (χ0v) is 14.0. The molecule has 2 fully saturated rings. The van der Waals surface area contributed by atoms with Gasteiger partial charge in [0.2, 0.25) is 0 Å². The Hall–Kier alpha value is -1.61. The van der Waals surface area contributed by atoms with Gasteiger partial charge in [-0.05, 0) is 74.1 Å². The Labute approximate surface area is 138 Å². The number of allylic oxidation sites excluding steroid dienone is 2. The third-order valence-corrected chi connectivity index (χ3v) is 6.34. The van der Waals surface area contributed by atoms with E-state index in [2.05, 4.69) is 13.0 Å². The number of carbonyl (C=O) groups is 1. The molecule has 2 N–H and O–H groups in total. The molecule has 0 aromatic heterocycles. The van der Waals surface area contributed by atoms with Crippen LogP contribution in [0.25, 0.3) is 0 Å². The van der Waals surface area contributed by atoms with Crippen molar-refractivity contribution in [2.75, 3.05) is 0 Å². The van der Waals surface area contributed by atoms with Crippen molar-refractivity contribution in [2.24, 2.45) is 11.3 Å². The van der Waals surface area contributed by atoms with Gasteiger partial charge in [0.05, 0.1) is 5.60 Å². The zero-order valence-electron chi connectivity index (χ0n) is 14.0. The first-order valence-corrected chi connectivity index (χ1v) is 8.53. The number of hydrogen-bond donors (Lipinski definition) is 2. The topological polar surface area (TPSA) is 57.5 Å². The number of aliphatic hydroxyl groups is 1. The largest absolute Gasteiger partial charge is 0.508 e. The second-order valence-corrected chi connectivity index (χ2v) is 7.66. The number of rotatable bonds is 3. The summed E-state index contributed by atoms with van der Waals surface area (Å²) in [5.74, 6) is 0.842. The number of aromatic hydroxyl groups is 1. The molecule has 0 saturated heterocycles. The zero-order chi connectivity index (χ0) is 16.7. The van der Waals surface area contributed by atoms with E-state index in [-0.39, 0.29) is 23.0 Å². The van der Waals surface area contributed by atoms with Crippen LogP contribution in [0.3, 0.4) is 0 Å². The van der Waals surface area contributed by atoms with Gasteiger partial charge in [-0.15, -0.1) is 0 Å². The van der Waals surface area contributed by atoms with Crippen molar-refractivity contribution in [3.05, 3.63) is 41.5 Å². The summed E-state index contributed by atoms with van der Waals surface area (Å²) < 4.78 is 0. The van der Waals surface area contributed by atoms with Crippen LogP contribution < -0.4 is 0 Å². The second kappa shape index (κ2) is 5.79. The number of carbonyl (C=O) groups excluding carboxylic acids is 1. The lowest BCUT2D eigenvalue weighted by atomic mass is 9.59. The summed E-state index contributed by atoms with van der Waals surface area (Å²) in [4.78, 5) is 11.0. The van der Waals surface area contributed by atoms with Crippen molar-refractivity contribution in [3.8, 4) is 5.75 Å². The van der Waals surface area contributed by atoms with Gasteiger partial charge in [-0.3, -0.25) is 4.79 Å². The van der Waals surface area contributed by atoms with Crippen LogP contribution in [0.5, 0.6) is 5.75 Å². The lowest BCUT2D eigenvalue weighted by Crippen LogP contribution is -2.49. The number of phenols is 1. The van der Waals surface area contributed by atoms with E-state index in [0.29, 0.717) is 0 Å². The molecule has 3 nitrogen and oxygen atoms in total. The minimum Gasteiger partial charge on any atom is -0.508 e. The highest BCUT2D eigenvalue weighted by molar-refractivity contribution is 5.72. The summed E-state index contributed by atoms with van der Waals surface area (Å²) in [7, 11) is 0. The lowest BCUT2D eigenvalue weighted by Gasteiger charge is -2.49. The molecule has 0 radical (unpaired) electrons. The van der Waals surface area contributed by atoms with Crippen LogP contribution in [-0.4, -0.2) is 22.1 Å². The van der Waals surface area contributed by atoms with Gasteiger partial charge < -0.3 is 10.2 Å². The van der Waals surface area contributed by atoms with Crippen molar-refractivity contribution in [2.45, 2.75) is 57.5 Å². The van der Waals surface area contributed by atoms with Crippen molar-refractivity contribution in [3.63, 3.8) is 0 Å². The summed E-state index contributed by atoms with van der Waals surface area (Å²) in [5, 5.41) is 21.1. The first-order chi connectivity index (χ1) is 10.9. The summed E-state index contributed by atoms with van der Waals surface area (Å²) in [5.41, 5.74) is 1.02. The van der Waals surface area contributed by atoms with Gasteiger partial charge in [-0.25, -0.2) is 0 Å². The van der Waals surface area contributed by atoms with Crippen molar-refractivity contribution in [1.82, 2.24) is 0 Å². The number of hydrogen-bond acceptors (Lipinski definition) is 3. The molecule has 4 atom stereocenters. The Morgan fingerprint density at radius 3 is 2.78 bits per heavy atom. The molecule has 3 heteroatoms. The molecule has 0 heterocycles. The van der Waals surface area contributed by atoms with E-state index in [4.69, 9.17) is 0 Å². The van der Waals surface area contributed by atoms with Gasteiger partial charge in [0.15, 0.2) is 0 Å². The normalized spacial score (nSPS) is 37.4. The Balaban J connectivity index is 1.85. The third-order valence-electron chi connectivity index (χ3n) is 6.34. The molecule has 0 aliphatic heterocycles. The summed E-state index contributed by atoms with van der Waals surface area (Å²) in [6.45, 7) is 4.02. The maximum Gasteiger partial charge on any atom is 0.145 e. The molecule has 23 heavy (non-hydrogen) atoms. The summed E-state index contributed by atoms with van der Waals surface area (Å²) in [6, 6.07) is 7.42. The highest BCUT2D eigenvalue weighted by Gasteiger charge is 2.58. The monoisotopic (exact) mass is 314 g/mol. The maximum atomic E-state index is 11.3. The first-order valence-electron chi connectivity index (χ1n) is 8.53. The predicted molar refractivity (Wildman–Crippen MR) is 90.3 cm³/mol. The number of aldehydes is 1. The van der Waals surface area contributed by atoms with Crippen LogP contribution in [0.15, 0.2) is 35.9 Å². The van der Waals surface area contributed by atoms with Crippen LogP contribution in [0, 0.1) is 11.3 Å². The molecule has 2 aliphatic carbocycles. The van der Waals surface area contributed by atoms with Gasteiger partial charge in [0.1, 0.15) is 12.0 Å². The average molecular weight is 314 g/mol. The standard InChI is InChI=1S/C20H26O3/c1-14(13-21)10-17-7-9-20(23)12-16(6-8-19(17,20)2)15-4-3-5-18(22)11-15/h3-5,10-11,13,16-17,22-23H,6-9,12H2,1-2H3/t16-,17+,19+,20-/m0/s1. The van der Waals surface area contributed by atoms with Crippen molar-refractivity contribution < 1.29 is 15.0 Å². The van der Waals surface area contributed by atoms with E-state index in [1.54, 1.807) is 6.07 Å². The van der Waals surface area contributed by atoms with E-state index >= 15 is 0 Å². The summed E-state index contributed by atoms with van der Waals surface area (Å²) >= 11 is 0. The Bertz CT molecular complexity index is 636. The van der Waals surface area contributed by atoms with Gasteiger partial charge >= 0.3 is 0 Å². The lowest BCUT2D eigenvalue weighted by molar-refractivity contribution is -0.105. The molecular formula is C20H26O3. The van der Waals surface area contributed by atoms with Crippen LogP contribution in [0.4, 0.5) is 0 Å². The van der Waals surface area contributed by atoms with Crippen molar-refractivity contribution >= 4 is 6.29 Å². The predicted octanol–water partition coefficient (Wildman–Crippen LogP) is 3.95. The van der Waals surface area contributed by atoms with Crippen LogP contribution >= 0.6 is 0 Å². The molecular weight excluding hydrogens is 288 g/mol. The van der Waals surface area contributed by atoms with E-state index in [9.17, 15) is 15.0 Å². The molecule has 2 aliphatic rings. The second-order valence-electron chi connectivity index (χ2n) is 7.66. The molecule has 3 rings (SSSR count). The minimum absolute atomic E-state index is 0.162. The van der Waals surface area contributed by atoms with Gasteiger partial charge in [-0.2, -0.15) is 0 Å². The number of benzene rings is 1. The highest BCUT2D eigenvalue weighted by Crippen LogP contribution is 2.61. The van der Waals surface area contributed by atoms with Gasteiger partial charge in [0, 0.05) is 5.41 Å². The molecule has 1 aromatic carbocycles. The number of fused-ring (bicyclic) bond motifs is 1. The quantitative estimate of drug-likeness (QED) is 0.656. The highest BCUT2D eigenvalue weighted by atomic mass is 16.3. The fraction of sp³-hybridized carbons (Fsp3) is 0.550. The summed E-state index contributed by atoms with van der Waals surface area (Å²) in [6.07, 6.45) is 7.36. The molecule has 1 aromatic rings. The Morgan fingerprint density at radius 1 is 1.30 bits per heavy atom. The fourth-order valence-corrected chi connectivity index (χ4v) is 4.77. The van der Waals surface area contributed by atoms with E-state index in [1.807, 2.05) is 25.1 Å². The van der Waals surface area contributed by atoms with Crippen LogP contribution in [0.2, 0.25) is 0 Å². The fourth-order valence-electron chi connectivity index (χ4n) is 4.77. The van der Waals surface area contributed by atoms with Crippen molar-refractivity contribution in [1.29, 1.82) is 0 Å². The van der Waals surface area contributed by atoms with E-state index in [0.717, 1.165) is 49.5 Å². The van der Waals surface area contributed by atoms with E-state index < -0.39 is 5.60 Å². The molecule has 2 saturated carbocycles. The SMILES string of the molecule is CC(C=O)=C[C@H]1CC[C@]2(O)C[C@@H](c3cccc(O)c3)CC[C@]12C. The molecule has 0 unspecified atom stereocenters. The third kappa shape index (κ3) is 2.72. The Kier molecular flexibility index (Phi) is 4.09. The molecule has 0 amide bonds. The molecule has 124 valence electrons. The van der Waals surface area contributed by atoms with Gasteiger partial charge in [-0.1, -0.05) is 25.1 Å². The average Bonchev–Trinajstić information content (AvgIpc) is 2.78. The van der Waals surface area contributed by atoms with Crippen LogP contribution in [-0.2, 0) is 4.79 Å². The molecule has 0 spiro atoms. The van der Waals surface area contributed by atoms with Gasteiger partial charge in [0.25, 0.3) is 0 Å². The minimum atomic E-state index is -0.689. The first kappa shape index (κ1) is 16.3. The molecule has 0 bridgehead atoms. The number of phenolic OH excluding ortho intramolecular Hbond substituents is 1. The van der Waals surface area contributed by atoms with Crippen LogP contribution in [0.1, 0.15) is 57.4 Å². The van der Waals surface area contributed by atoms with E-state index in [1.165, 1.54) is 0 Å². The smallest absolute Gasteiger partial charge is 0.145 e.